The van der Waals surface area contributed by atoms with Gasteiger partial charge in [-0.3, -0.25) is 4.99 Å². The van der Waals surface area contributed by atoms with Gasteiger partial charge in [0.15, 0.2) is 0 Å². The lowest BCUT2D eigenvalue weighted by molar-refractivity contribution is 1.42. The molecular weight excluding hydrogens is 237 g/mol. The molecule has 0 bridgehead atoms. The lowest BCUT2D eigenvalue weighted by Gasteiger charge is -1.97. The maximum absolute atomic E-state index is 4.25. The zero-order chi connectivity index (χ0) is 6.97. The number of alkyl halides is 1. The Hall–Kier alpha value is -0.380. The fourth-order valence-electron chi connectivity index (χ4n) is 1.06. The fourth-order valence-corrected chi connectivity index (χ4v) is 1.75. The van der Waals surface area contributed by atoms with E-state index in [1.54, 1.807) is 0 Å². The third kappa shape index (κ3) is 0.868. The summed E-state index contributed by atoms with van der Waals surface area (Å²) in [6, 6.07) is 8.24. The SMILES string of the molecule is IC1C=Nc2ccccc21. The van der Waals surface area contributed by atoms with E-state index in [1.165, 1.54) is 5.56 Å². The van der Waals surface area contributed by atoms with E-state index in [0.29, 0.717) is 3.92 Å². The Kier molecular flexibility index (Phi) is 1.48. The third-order valence-corrected chi connectivity index (χ3v) is 2.57. The summed E-state index contributed by atoms with van der Waals surface area (Å²) in [4.78, 5) is 4.25. The minimum Gasteiger partial charge on any atom is -0.259 e. The van der Waals surface area contributed by atoms with Crippen molar-refractivity contribution in [2.24, 2.45) is 4.99 Å². The van der Waals surface area contributed by atoms with Gasteiger partial charge in [0.2, 0.25) is 0 Å². The molecule has 0 fully saturated rings. The predicted molar refractivity (Wildman–Crippen MR) is 51.4 cm³/mol. The van der Waals surface area contributed by atoms with E-state index in [1.807, 2.05) is 18.3 Å². The Labute approximate surface area is 73.3 Å². The van der Waals surface area contributed by atoms with Crippen molar-refractivity contribution in [3.63, 3.8) is 0 Å². The molecule has 10 heavy (non-hydrogen) atoms. The van der Waals surface area contributed by atoms with Crippen LogP contribution in [0.4, 0.5) is 5.69 Å². The Bertz CT molecular complexity index is 280. The molecule has 50 valence electrons. The van der Waals surface area contributed by atoms with Crippen molar-refractivity contribution in [3.8, 4) is 0 Å². The van der Waals surface area contributed by atoms with Crippen molar-refractivity contribution in [3.05, 3.63) is 29.8 Å². The summed E-state index contributed by atoms with van der Waals surface area (Å²) in [6.45, 7) is 0. The lowest BCUT2D eigenvalue weighted by atomic mass is 10.2. The first-order valence-corrected chi connectivity index (χ1v) is 4.40. The van der Waals surface area contributed by atoms with Gasteiger partial charge in [0.05, 0.1) is 9.61 Å². The minimum atomic E-state index is 0.480. The standard InChI is InChI=1S/C8H6IN/c9-7-5-10-8-4-2-1-3-6(7)8/h1-5,7H. The summed E-state index contributed by atoms with van der Waals surface area (Å²) in [5.74, 6) is 0. The molecule has 0 aliphatic carbocycles. The number of hydrogen-bond donors (Lipinski definition) is 0. The second-order valence-electron chi connectivity index (χ2n) is 2.24. The van der Waals surface area contributed by atoms with Crippen LogP contribution in [0.3, 0.4) is 0 Å². The molecule has 0 saturated carbocycles. The maximum atomic E-state index is 4.25. The Morgan fingerprint density at radius 2 is 2.10 bits per heavy atom. The summed E-state index contributed by atoms with van der Waals surface area (Å²) in [6.07, 6.45) is 1.98. The van der Waals surface area contributed by atoms with Gasteiger partial charge in [-0.25, -0.2) is 0 Å². The molecule has 1 aromatic carbocycles. The number of halogens is 1. The third-order valence-electron chi connectivity index (χ3n) is 1.58. The summed E-state index contributed by atoms with van der Waals surface area (Å²) in [7, 11) is 0. The van der Waals surface area contributed by atoms with Crippen LogP contribution in [0.15, 0.2) is 29.3 Å². The number of benzene rings is 1. The second-order valence-corrected chi connectivity index (χ2v) is 3.58. The number of rotatable bonds is 0. The maximum Gasteiger partial charge on any atom is 0.0732 e. The van der Waals surface area contributed by atoms with Crippen LogP contribution in [-0.4, -0.2) is 6.21 Å². The molecule has 1 heterocycles. The highest BCUT2D eigenvalue weighted by Gasteiger charge is 2.13. The van der Waals surface area contributed by atoms with E-state index in [-0.39, 0.29) is 0 Å². The zero-order valence-electron chi connectivity index (χ0n) is 5.29. The largest absolute Gasteiger partial charge is 0.259 e. The number of nitrogens with zero attached hydrogens (tertiary/aromatic N) is 1. The van der Waals surface area contributed by atoms with Crippen molar-refractivity contribution in [1.82, 2.24) is 0 Å². The second kappa shape index (κ2) is 2.34. The highest BCUT2D eigenvalue weighted by atomic mass is 127. The Balaban J connectivity index is 2.59. The summed E-state index contributed by atoms with van der Waals surface area (Å²) >= 11 is 2.37. The van der Waals surface area contributed by atoms with Crippen molar-refractivity contribution < 1.29 is 0 Å². The molecule has 1 nitrogen and oxygen atoms in total. The molecule has 2 rings (SSSR count). The van der Waals surface area contributed by atoms with Crippen LogP contribution in [0.5, 0.6) is 0 Å². The van der Waals surface area contributed by atoms with Crippen molar-refractivity contribution >= 4 is 34.5 Å². The summed E-state index contributed by atoms with van der Waals surface area (Å²) in [5, 5.41) is 0. The predicted octanol–water partition coefficient (Wildman–Crippen LogP) is 2.88. The van der Waals surface area contributed by atoms with Crippen LogP contribution in [0.25, 0.3) is 0 Å². The van der Waals surface area contributed by atoms with Crippen LogP contribution >= 0.6 is 22.6 Å². The Morgan fingerprint density at radius 3 is 2.90 bits per heavy atom. The van der Waals surface area contributed by atoms with Crippen LogP contribution in [-0.2, 0) is 0 Å². The topological polar surface area (TPSA) is 12.4 Å². The molecule has 0 N–H and O–H groups in total. The van der Waals surface area contributed by atoms with E-state index in [0.717, 1.165) is 5.69 Å². The van der Waals surface area contributed by atoms with Gasteiger partial charge < -0.3 is 0 Å². The van der Waals surface area contributed by atoms with E-state index >= 15 is 0 Å². The molecule has 0 saturated heterocycles. The lowest BCUT2D eigenvalue weighted by Crippen LogP contribution is -1.81. The molecule has 0 radical (unpaired) electrons. The molecule has 0 aromatic heterocycles. The quantitative estimate of drug-likeness (QED) is 0.490. The number of para-hydroxylation sites is 1. The van der Waals surface area contributed by atoms with Crippen molar-refractivity contribution in [1.29, 1.82) is 0 Å². The van der Waals surface area contributed by atoms with Crippen LogP contribution in [0.2, 0.25) is 0 Å². The molecule has 1 aliphatic rings. The van der Waals surface area contributed by atoms with Crippen molar-refractivity contribution in [2.75, 3.05) is 0 Å². The van der Waals surface area contributed by atoms with Gasteiger partial charge in [-0.1, -0.05) is 40.8 Å². The molecule has 2 heteroatoms. The van der Waals surface area contributed by atoms with Gasteiger partial charge in [-0.15, -0.1) is 0 Å². The molecule has 1 aliphatic heterocycles. The first-order valence-electron chi connectivity index (χ1n) is 3.15. The molecular formula is C8H6IN. The minimum absolute atomic E-state index is 0.480. The summed E-state index contributed by atoms with van der Waals surface area (Å²) < 4.78 is 0.480. The van der Waals surface area contributed by atoms with Gasteiger partial charge in [-0.05, 0) is 11.6 Å². The van der Waals surface area contributed by atoms with E-state index in [4.69, 9.17) is 0 Å². The number of aliphatic imine (C=N–C) groups is 1. The smallest absolute Gasteiger partial charge is 0.0732 e. The van der Waals surface area contributed by atoms with Gasteiger partial charge in [0.1, 0.15) is 0 Å². The molecule has 0 spiro atoms. The van der Waals surface area contributed by atoms with Gasteiger partial charge >= 0.3 is 0 Å². The van der Waals surface area contributed by atoms with E-state index in [2.05, 4.69) is 39.7 Å². The van der Waals surface area contributed by atoms with E-state index < -0.39 is 0 Å². The van der Waals surface area contributed by atoms with Crippen LogP contribution in [0, 0.1) is 0 Å². The van der Waals surface area contributed by atoms with E-state index in [9.17, 15) is 0 Å². The summed E-state index contributed by atoms with van der Waals surface area (Å²) in [5.41, 5.74) is 2.46. The highest BCUT2D eigenvalue weighted by Crippen LogP contribution is 2.35. The average Bonchev–Trinajstić information content (AvgIpc) is 2.34. The highest BCUT2D eigenvalue weighted by molar-refractivity contribution is 14.1. The molecule has 0 amide bonds. The normalized spacial score (nSPS) is 21.1. The van der Waals surface area contributed by atoms with Crippen LogP contribution < -0.4 is 0 Å². The molecule has 1 aromatic rings. The van der Waals surface area contributed by atoms with Crippen molar-refractivity contribution in [2.45, 2.75) is 3.92 Å². The number of fused-ring (bicyclic) bond motifs is 1. The number of hydrogen-bond acceptors (Lipinski definition) is 1. The first kappa shape index (κ1) is 6.34. The first-order chi connectivity index (χ1) is 4.88. The van der Waals surface area contributed by atoms with Gasteiger partial charge in [0.25, 0.3) is 0 Å². The zero-order valence-corrected chi connectivity index (χ0v) is 7.45. The van der Waals surface area contributed by atoms with Gasteiger partial charge in [-0.2, -0.15) is 0 Å². The molecule has 1 unspecified atom stereocenters. The fraction of sp³-hybridized carbons (Fsp3) is 0.125. The average molecular weight is 243 g/mol. The monoisotopic (exact) mass is 243 g/mol. The van der Waals surface area contributed by atoms with Crippen LogP contribution in [0.1, 0.15) is 9.49 Å². The molecule has 1 atom stereocenters. The van der Waals surface area contributed by atoms with Gasteiger partial charge in [0, 0.05) is 6.21 Å². The Morgan fingerprint density at radius 1 is 1.30 bits per heavy atom.